The van der Waals surface area contributed by atoms with Crippen LogP contribution < -0.4 is 10.6 Å². The molecule has 49 heavy (non-hydrogen) atoms. The molecule has 258 valence electrons. The van der Waals surface area contributed by atoms with E-state index in [0.29, 0.717) is 18.1 Å². The lowest BCUT2D eigenvalue weighted by Crippen LogP contribution is -2.40. The Morgan fingerprint density at radius 3 is 1.71 bits per heavy atom. The number of hydrogen-bond donors (Lipinski definition) is 4. The van der Waals surface area contributed by atoms with E-state index in [2.05, 4.69) is 170 Å². The number of H-pyrrole nitrogens is 2. The molecule has 8 heteroatoms. The minimum absolute atomic E-state index is 0. The molecule has 4 aromatic carbocycles. The second kappa shape index (κ2) is 16.2. The average Bonchev–Trinajstić information content (AvgIpc) is 3.65. The van der Waals surface area contributed by atoms with Gasteiger partial charge in [0.25, 0.3) is 0 Å². The van der Waals surface area contributed by atoms with Crippen LogP contribution in [0, 0.1) is 0 Å². The predicted molar refractivity (Wildman–Crippen MR) is 218 cm³/mol. The van der Waals surface area contributed by atoms with Crippen LogP contribution in [0.5, 0.6) is 0 Å². The van der Waals surface area contributed by atoms with Crippen molar-refractivity contribution in [3.63, 3.8) is 0 Å². The van der Waals surface area contributed by atoms with Gasteiger partial charge in [-0.25, -0.2) is 0 Å². The van der Waals surface area contributed by atoms with Crippen molar-refractivity contribution in [1.29, 1.82) is 0 Å². The fourth-order valence-corrected chi connectivity index (χ4v) is 8.42. The molecule has 2 aromatic heterocycles. The quantitative estimate of drug-likeness (QED) is 0.135. The molecule has 2 heterocycles. The van der Waals surface area contributed by atoms with E-state index in [1.165, 1.54) is 87.6 Å². The molecule has 0 radical (unpaired) electrons. The normalized spacial score (nSPS) is 17.6. The summed E-state index contributed by atoms with van der Waals surface area (Å²) in [4.78, 5) is 7.35. The van der Waals surface area contributed by atoms with Crippen LogP contribution in [0.2, 0.25) is 0 Å². The summed E-state index contributed by atoms with van der Waals surface area (Å²) in [7, 11) is 0. The summed E-state index contributed by atoms with van der Waals surface area (Å²) in [6.45, 7) is 6.80. The van der Waals surface area contributed by atoms with Crippen LogP contribution in [0.4, 0.5) is 0 Å². The minimum atomic E-state index is -0.0571. The number of halogens is 4. The number of benzene rings is 4. The Labute approximate surface area is 319 Å². The van der Waals surface area contributed by atoms with Crippen LogP contribution in [0.3, 0.4) is 0 Å². The second-order valence-electron chi connectivity index (χ2n) is 13.7. The molecule has 2 aliphatic rings. The molecule has 4 N–H and O–H groups in total. The molecular formula is C41H46Br2Cl2N4. The van der Waals surface area contributed by atoms with E-state index >= 15 is 0 Å². The fourth-order valence-electron chi connectivity index (χ4n) is 7.69. The van der Waals surface area contributed by atoms with E-state index in [1.807, 2.05) is 0 Å². The number of rotatable bonds is 6. The molecule has 8 rings (SSSR count). The van der Waals surface area contributed by atoms with Gasteiger partial charge in [0.2, 0.25) is 0 Å². The van der Waals surface area contributed by atoms with E-state index in [-0.39, 0.29) is 30.4 Å². The molecule has 1 unspecified atom stereocenters. The zero-order valence-electron chi connectivity index (χ0n) is 28.3. The van der Waals surface area contributed by atoms with E-state index in [4.69, 9.17) is 0 Å². The van der Waals surface area contributed by atoms with Gasteiger partial charge < -0.3 is 15.3 Å². The van der Waals surface area contributed by atoms with Crippen molar-refractivity contribution in [3.05, 3.63) is 140 Å². The third kappa shape index (κ3) is 8.16. The van der Waals surface area contributed by atoms with Gasteiger partial charge in [-0.05, 0) is 118 Å². The number of nitrogens with one attached hydrogen (secondary N) is 4. The summed E-state index contributed by atoms with van der Waals surface area (Å²) in [6, 6.07) is 35.6. The Morgan fingerprint density at radius 1 is 0.673 bits per heavy atom. The van der Waals surface area contributed by atoms with Crippen LogP contribution in [-0.2, 0) is 18.4 Å². The number of fused-ring (bicyclic) bond motifs is 6. The molecule has 0 spiro atoms. The van der Waals surface area contributed by atoms with Gasteiger partial charge >= 0.3 is 0 Å². The van der Waals surface area contributed by atoms with Crippen LogP contribution in [0.1, 0.15) is 98.2 Å². The molecule has 0 bridgehead atoms. The fraction of sp³-hybridized carbons (Fsp3) is 0.317. The van der Waals surface area contributed by atoms with E-state index in [1.54, 1.807) is 0 Å². The maximum Gasteiger partial charge on any atom is 0.0482 e. The third-order valence-electron chi connectivity index (χ3n) is 10.1. The largest absolute Gasteiger partial charge is 0.357 e. The smallest absolute Gasteiger partial charge is 0.0482 e. The summed E-state index contributed by atoms with van der Waals surface area (Å²) in [5.41, 5.74) is 10.8. The molecule has 3 atom stereocenters. The first-order valence-electron chi connectivity index (χ1n) is 17.0. The second-order valence-corrected chi connectivity index (χ2v) is 15.6. The molecule has 2 aliphatic carbocycles. The number of aromatic nitrogens is 2. The average molecular weight is 826 g/mol. The highest BCUT2D eigenvalue weighted by atomic mass is 79.9. The number of aryl methyl sites for hydroxylation is 2. The van der Waals surface area contributed by atoms with Gasteiger partial charge in [0.1, 0.15) is 0 Å². The molecular weight excluding hydrogens is 779 g/mol. The van der Waals surface area contributed by atoms with Crippen molar-refractivity contribution < 1.29 is 0 Å². The lowest BCUT2D eigenvalue weighted by Gasteiger charge is -2.34. The van der Waals surface area contributed by atoms with Gasteiger partial charge in [0.15, 0.2) is 0 Å². The lowest BCUT2D eigenvalue weighted by atomic mass is 9.87. The topological polar surface area (TPSA) is 55.6 Å². The van der Waals surface area contributed by atoms with Gasteiger partial charge in [-0.2, -0.15) is 0 Å². The van der Waals surface area contributed by atoms with Gasteiger partial charge in [-0.15, -0.1) is 24.8 Å². The summed E-state index contributed by atoms with van der Waals surface area (Å²) >= 11 is 7.21. The highest BCUT2D eigenvalue weighted by Crippen LogP contribution is 2.39. The molecule has 0 aliphatic heterocycles. The Kier molecular flexibility index (Phi) is 12.4. The van der Waals surface area contributed by atoms with Crippen LogP contribution >= 0.6 is 56.7 Å². The maximum atomic E-state index is 3.90. The van der Waals surface area contributed by atoms with E-state index < -0.39 is 0 Å². The Balaban J connectivity index is 0.000000184. The van der Waals surface area contributed by atoms with E-state index in [0.717, 1.165) is 15.4 Å². The Bertz CT molecular complexity index is 1990. The predicted octanol–water partition coefficient (Wildman–Crippen LogP) is 12.3. The maximum absolute atomic E-state index is 3.90. The molecule has 4 nitrogen and oxygen atoms in total. The summed E-state index contributed by atoms with van der Waals surface area (Å²) in [6.07, 6.45) is 7.18. The van der Waals surface area contributed by atoms with E-state index in [9.17, 15) is 0 Å². The van der Waals surface area contributed by atoms with Gasteiger partial charge in [0.05, 0.1) is 0 Å². The molecule has 6 aromatic rings. The first-order chi connectivity index (χ1) is 22.8. The van der Waals surface area contributed by atoms with Crippen molar-refractivity contribution in [2.45, 2.75) is 83.0 Å². The summed E-state index contributed by atoms with van der Waals surface area (Å²) in [5.74, 6) is 0. The molecule has 0 fully saturated rings. The number of hydrogen-bond acceptors (Lipinski definition) is 2. The Morgan fingerprint density at radius 2 is 1.16 bits per heavy atom. The lowest BCUT2D eigenvalue weighted by molar-refractivity contribution is 0.316. The van der Waals surface area contributed by atoms with Crippen molar-refractivity contribution in [3.8, 4) is 0 Å². The van der Waals surface area contributed by atoms with Crippen molar-refractivity contribution in [2.24, 2.45) is 0 Å². The van der Waals surface area contributed by atoms with Crippen molar-refractivity contribution >= 4 is 78.5 Å². The number of aromatic amines is 2. The van der Waals surface area contributed by atoms with Gasteiger partial charge in [0, 0.05) is 65.8 Å². The minimum Gasteiger partial charge on any atom is -0.357 e. The Hall–Kier alpha value is -2.58. The molecule has 0 saturated heterocycles. The van der Waals surface area contributed by atoms with Crippen molar-refractivity contribution in [2.75, 3.05) is 0 Å². The molecule has 0 amide bonds. The zero-order valence-corrected chi connectivity index (χ0v) is 33.1. The third-order valence-corrected chi connectivity index (χ3v) is 11.1. The standard InChI is InChI=1S/C21H23BrN2.C20H21BrN2.2ClH/c1-21(2,14-7-4-3-5-8-14)24-19-10-6-9-16-17-13-15(22)11-12-18(17)23-20(16)19;1-13(14-6-3-2-4-7-14)22-19-9-5-8-16-17-12-15(21)10-11-18(17)23-20(16)19;;/h3-5,7-8,11-13,19,23-24H,6,9-10H2,1-2H3;2-4,6-7,10-13,19,22-23H,5,8-9H2,1H3;2*1H/t;13-,19+;;/m.1../s1. The highest BCUT2D eigenvalue weighted by molar-refractivity contribution is 9.10. The van der Waals surface area contributed by atoms with Crippen molar-refractivity contribution in [1.82, 2.24) is 20.6 Å². The first kappa shape index (κ1) is 37.7. The SMILES string of the molecule is CC(C)(NC1CCCc2c1[nH]c1ccc(Br)cc21)c1ccccc1.C[C@@H](N[C@H]1CCCc2c1[nH]c1ccc(Br)cc21)c1ccccc1.Cl.Cl. The van der Waals surface area contributed by atoms with Gasteiger partial charge in [-0.3, -0.25) is 5.32 Å². The van der Waals surface area contributed by atoms with Crippen LogP contribution in [0.25, 0.3) is 21.8 Å². The highest BCUT2D eigenvalue weighted by Gasteiger charge is 2.30. The van der Waals surface area contributed by atoms with Gasteiger partial charge in [-0.1, -0.05) is 92.5 Å². The van der Waals surface area contributed by atoms with Crippen LogP contribution in [0.15, 0.2) is 106 Å². The molecule has 0 saturated carbocycles. The monoisotopic (exact) mass is 822 g/mol. The van der Waals surface area contributed by atoms with Crippen LogP contribution in [-0.4, -0.2) is 9.97 Å². The zero-order chi connectivity index (χ0) is 32.5. The summed E-state index contributed by atoms with van der Waals surface area (Å²) in [5, 5.41) is 10.5. The summed E-state index contributed by atoms with van der Waals surface area (Å²) < 4.78 is 2.30. The first-order valence-corrected chi connectivity index (χ1v) is 18.6.